The van der Waals surface area contributed by atoms with Crippen LogP contribution in [0.2, 0.25) is 0 Å². The van der Waals surface area contributed by atoms with Crippen LogP contribution in [0.1, 0.15) is 11.4 Å². The van der Waals surface area contributed by atoms with Crippen molar-refractivity contribution in [1.82, 2.24) is 15.0 Å². The molecule has 0 atom stereocenters. The monoisotopic (exact) mass is 243 g/mol. The summed E-state index contributed by atoms with van der Waals surface area (Å²) in [5.41, 5.74) is 0.563. The molecule has 0 amide bonds. The Kier molecular flexibility index (Phi) is 3.92. The number of rotatable bonds is 4. The lowest BCUT2D eigenvalue weighted by Crippen LogP contribution is -2.21. The van der Waals surface area contributed by atoms with Crippen LogP contribution in [0, 0.1) is 0 Å². The van der Waals surface area contributed by atoms with Crippen LogP contribution in [0.4, 0.5) is 13.2 Å². The molecule has 0 aliphatic carbocycles. The molecule has 1 aromatic rings. The maximum absolute atomic E-state index is 12.1. The summed E-state index contributed by atoms with van der Waals surface area (Å²) in [7, 11) is 1.38. The Bertz CT molecular complexity index is 326. The van der Waals surface area contributed by atoms with Crippen molar-refractivity contribution in [1.29, 1.82) is 0 Å². The first-order valence-electron chi connectivity index (χ1n) is 4.01. The third kappa shape index (κ3) is 3.35. The lowest BCUT2D eigenvalue weighted by Gasteiger charge is -2.09. The Hall–Kier alpha value is -0.820. The lowest BCUT2D eigenvalue weighted by molar-refractivity contribution is -0.143. The molecule has 15 heavy (non-hydrogen) atoms. The van der Waals surface area contributed by atoms with Gasteiger partial charge < -0.3 is 4.74 Å². The molecular weight excluding hydrogens is 235 g/mol. The van der Waals surface area contributed by atoms with Crippen molar-refractivity contribution in [2.45, 2.75) is 25.2 Å². The summed E-state index contributed by atoms with van der Waals surface area (Å²) >= 11 is 5.50. The van der Waals surface area contributed by atoms with E-state index < -0.39 is 12.7 Å². The second kappa shape index (κ2) is 4.80. The van der Waals surface area contributed by atoms with Gasteiger partial charge in [-0.3, -0.25) is 0 Å². The van der Waals surface area contributed by atoms with Gasteiger partial charge in [-0.2, -0.15) is 13.2 Å². The van der Waals surface area contributed by atoms with Crippen LogP contribution in [-0.4, -0.2) is 28.3 Å². The SMILES string of the molecule is COCc1c(CCl)nnn1CC(F)(F)F. The van der Waals surface area contributed by atoms with Crippen LogP contribution in [0.3, 0.4) is 0 Å². The van der Waals surface area contributed by atoms with E-state index in [0.29, 0.717) is 5.69 Å². The molecular formula is C7H9ClF3N3O. The molecule has 86 valence electrons. The summed E-state index contributed by atoms with van der Waals surface area (Å²) < 4.78 is 41.8. The third-order valence-corrected chi connectivity index (χ3v) is 1.91. The zero-order valence-electron chi connectivity index (χ0n) is 7.88. The van der Waals surface area contributed by atoms with Gasteiger partial charge in [-0.1, -0.05) is 5.21 Å². The predicted molar refractivity (Wildman–Crippen MR) is 46.3 cm³/mol. The smallest absolute Gasteiger partial charge is 0.378 e. The van der Waals surface area contributed by atoms with Crippen molar-refractivity contribution in [3.8, 4) is 0 Å². The highest BCUT2D eigenvalue weighted by atomic mass is 35.5. The van der Waals surface area contributed by atoms with Gasteiger partial charge in [-0.15, -0.1) is 16.7 Å². The molecule has 0 fully saturated rings. The van der Waals surface area contributed by atoms with Gasteiger partial charge in [0, 0.05) is 7.11 Å². The minimum atomic E-state index is -4.33. The molecule has 0 saturated heterocycles. The topological polar surface area (TPSA) is 39.9 Å². The highest BCUT2D eigenvalue weighted by Gasteiger charge is 2.30. The summed E-state index contributed by atoms with van der Waals surface area (Å²) in [6, 6.07) is 0. The van der Waals surface area contributed by atoms with Crippen molar-refractivity contribution < 1.29 is 17.9 Å². The van der Waals surface area contributed by atoms with Gasteiger partial charge >= 0.3 is 6.18 Å². The van der Waals surface area contributed by atoms with Crippen molar-refractivity contribution in [2.75, 3.05) is 7.11 Å². The molecule has 0 aliphatic rings. The summed E-state index contributed by atoms with van der Waals surface area (Å²) in [4.78, 5) is 0. The van der Waals surface area contributed by atoms with Gasteiger partial charge in [0.15, 0.2) is 0 Å². The number of ether oxygens (including phenoxy) is 1. The maximum atomic E-state index is 12.1. The highest BCUT2D eigenvalue weighted by Crippen LogP contribution is 2.19. The fourth-order valence-corrected chi connectivity index (χ4v) is 1.27. The zero-order valence-corrected chi connectivity index (χ0v) is 8.64. The average Bonchev–Trinajstić information content (AvgIpc) is 2.47. The second-order valence-electron chi connectivity index (χ2n) is 2.82. The number of halogens is 4. The maximum Gasteiger partial charge on any atom is 0.408 e. The predicted octanol–water partition coefficient (Wildman–Crippen LogP) is 1.73. The van der Waals surface area contributed by atoms with E-state index in [-0.39, 0.29) is 18.2 Å². The summed E-state index contributed by atoms with van der Waals surface area (Å²) in [5, 5.41) is 6.91. The molecule has 4 nitrogen and oxygen atoms in total. The van der Waals surface area contributed by atoms with E-state index in [1.54, 1.807) is 0 Å². The molecule has 0 aromatic carbocycles. The molecule has 1 aromatic heterocycles. The Morgan fingerprint density at radius 3 is 2.60 bits per heavy atom. The van der Waals surface area contributed by atoms with Crippen molar-refractivity contribution in [2.24, 2.45) is 0 Å². The number of methoxy groups -OCH3 is 1. The first kappa shape index (κ1) is 12.3. The first-order chi connectivity index (χ1) is 6.98. The van der Waals surface area contributed by atoms with Crippen molar-refractivity contribution in [3.63, 3.8) is 0 Å². The van der Waals surface area contributed by atoms with Crippen molar-refractivity contribution >= 4 is 11.6 Å². The molecule has 0 N–H and O–H groups in total. The van der Waals surface area contributed by atoms with E-state index in [4.69, 9.17) is 16.3 Å². The second-order valence-corrected chi connectivity index (χ2v) is 3.09. The first-order valence-corrected chi connectivity index (χ1v) is 4.54. The standard InChI is InChI=1S/C7H9ClF3N3O/c1-15-3-6-5(2-8)12-13-14(6)4-7(9,10)11/h2-4H2,1H3. The van der Waals surface area contributed by atoms with Crippen LogP contribution in [0.5, 0.6) is 0 Å². The van der Waals surface area contributed by atoms with Crippen LogP contribution in [0.15, 0.2) is 0 Å². The Morgan fingerprint density at radius 2 is 2.13 bits per heavy atom. The van der Waals surface area contributed by atoms with E-state index in [1.807, 2.05) is 0 Å². The zero-order chi connectivity index (χ0) is 11.5. The lowest BCUT2D eigenvalue weighted by atomic mass is 10.3. The van der Waals surface area contributed by atoms with Crippen LogP contribution in [0.25, 0.3) is 0 Å². The molecule has 1 rings (SSSR count). The largest absolute Gasteiger partial charge is 0.408 e. The van der Waals surface area contributed by atoms with E-state index in [1.165, 1.54) is 7.11 Å². The van der Waals surface area contributed by atoms with Gasteiger partial charge in [0.2, 0.25) is 0 Å². The Balaban J connectivity index is 2.91. The van der Waals surface area contributed by atoms with E-state index in [2.05, 4.69) is 10.3 Å². The minimum Gasteiger partial charge on any atom is -0.378 e. The normalized spacial score (nSPS) is 12.1. The molecule has 8 heteroatoms. The summed E-state index contributed by atoms with van der Waals surface area (Å²) in [6.45, 7) is -1.18. The van der Waals surface area contributed by atoms with Crippen LogP contribution in [-0.2, 0) is 23.8 Å². The van der Waals surface area contributed by atoms with Crippen LogP contribution >= 0.6 is 11.6 Å². The quantitative estimate of drug-likeness (QED) is 0.756. The van der Waals surface area contributed by atoms with Gasteiger partial charge in [0.1, 0.15) is 12.2 Å². The molecule has 1 heterocycles. The molecule has 0 aliphatic heterocycles. The minimum absolute atomic E-state index is 0.00509. The number of nitrogens with zero attached hydrogens (tertiary/aromatic N) is 3. The Labute approximate surface area is 89.0 Å². The van der Waals surface area contributed by atoms with E-state index >= 15 is 0 Å². The molecule has 0 spiro atoms. The number of aromatic nitrogens is 3. The highest BCUT2D eigenvalue weighted by molar-refractivity contribution is 6.16. The van der Waals surface area contributed by atoms with E-state index in [0.717, 1.165) is 4.68 Å². The average molecular weight is 244 g/mol. The fourth-order valence-electron chi connectivity index (χ4n) is 1.06. The number of hydrogen-bond donors (Lipinski definition) is 0. The van der Waals surface area contributed by atoms with Gasteiger partial charge in [-0.05, 0) is 0 Å². The van der Waals surface area contributed by atoms with Crippen molar-refractivity contribution in [3.05, 3.63) is 11.4 Å². The van der Waals surface area contributed by atoms with E-state index in [9.17, 15) is 13.2 Å². The fraction of sp³-hybridized carbons (Fsp3) is 0.714. The molecule has 0 radical (unpaired) electrons. The molecule has 0 bridgehead atoms. The number of alkyl halides is 4. The Morgan fingerprint density at radius 1 is 1.47 bits per heavy atom. The summed E-state index contributed by atoms with van der Waals surface area (Å²) in [6.07, 6.45) is -4.33. The third-order valence-electron chi connectivity index (χ3n) is 1.65. The molecule has 0 unspecified atom stereocenters. The number of hydrogen-bond acceptors (Lipinski definition) is 3. The van der Waals surface area contributed by atoms with Crippen LogP contribution < -0.4 is 0 Å². The molecule has 0 saturated carbocycles. The van der Waals surface area contributed by atoms with Gasteiger partial charge in [-0.25, -0.2) is 4.68 Å². The summed E-state index contributed by atoms with van der Waals surface area (Å²) in [5.74, 6) is 0.0105. The van der Waals surface area contributed by atoms with Gasteiger partial charge in [0.05, 0.1) is 18.2 Å². The van der Waals surface area contributed by atoms with Gasteiger partial charge in [0.25, 0.3) is 0 Å².